The van der Waals surface area contributed by atoms with Gasteiger partial charge in [-0.05, 0) is 32.8 Å². The van der Waals surface area contributed by atoms with Crippen LogP contribution in [-0.2, 0) is 14.3 Å². The van der Waals surface area contributed by atoms with Crippen LogP contribution in [0.5, 0.6) is 0 Å². The summed E-state index contributed by atoms with van der Waals surface area (Å²) in [5.74, 6) is -0.0208. The van der Waals surface area contributed by atoms with Crippen LogP contribution in [0.2, 0.25) is 0 Å². The monoisotopic (exact) mass is 317 g/mol. The molecule has 1 N–H and O–H groups in total. The summed E-state index contributed by atoms with van der Waals surface area (Å²) in [5.41, 5.74) is 0.350. The molecule has 0 spiro atoms. The van der Waals surface area contributed by atoms with Crippen molar-refractivity contribution in [2.75, 3.05) is 0 Å². The number of hydrogen-bond acceptors (Lipinski definition) is 4. The van der Waals surface area contributed by atoms with Crippen molar-refractivity contribution >= 4 is 11.8 Å². The molecule has 1 aromatic rings. The van der Waals surface area contributed by atoms with Crippen LogP contribution in [0.4, 0.5) is 0 Å². The molecule has 4 heteroatoms. The lowest BCUT2D eigenvalue weighted by atomic mass is 9.89. The molecule has 2 rings (SSSR count). The maximum Gasteiger partial charge on any atom is 0.311 e. The Morgan fingerprint density at radius 3 is 2.48 bits per heavy atom. The van der Waals surface area contributed by atoms with Crippen LogP contribution in [0.3, 0.4) is 0 Å². The molecule has 1 heterocycles. The molecule has 1 aliphatic rings. The van der Waals surface area contributed by atoms with Crippen molar-refractivity contribution in [3.05, 3.63) is 35.9 Å². The molecule has 0 radical (unpaired) electrons. The molecule has 23 heavy (non-hydrogen) atoms. The van der Waals surface area contributed by atoms with Crippen molar-refractivity contribution in [2.45, 2.75) is 65.1 Å². The molecular weight excluding hydrogens is 290 g/mol. The predicted octanol–water partition coefficient (Wildman–Crippen LogP) is 3.42. The Bertz CT molecular complexity index is 547. The van der Waals surface area contributed by atoms with Gasteiger partial charge in [-0.25, -0.2) is 0 Å². The van der Waals surface area contributed by atoms with E-state index in [0.29, 0.717) is 12.8 Å². The van der Waals surface area contributed by atoms with E-state index in [2.05, 4.69) is 12.2 Å². The number of piperidine rings is 1. The number of ether oxygens (including phenoxy) is 1. The van der Waals surface area contributed by atoms with Crippen LogP contribution in [0, 0.1) is 5.41 Å². The normalized spacial score (nSPS) is 23.4. The molecule has 0 aliphatic carbocycles. The van der Waals surface area contributed by atoms with Crippen LogP contribution in [0.25, 0.3) is 0 Å². The molecule has 0 amide bonds. The van der Waals surface area contributed by atoms with Crippen molar-refractivity contribution in [1.82, 2.24) is 5.32 Å². The number of Topliss-reactive ketones (excluding diaryl/α,β-unsaturated/α-hetero) is 1. The summed E-state index contributed by atoms with van der Waals surface area (Å²) in [6.07, 6.45) is 1.40. The van der Waals surface area contributed by atoms with E-state index in [-0.39, 0.29) is 23.8 Å². The van der Waals surface area contributed by atoms with Crippen LogP contribution in [0.15, 0.2) is 30.3 Å². The van der Waals surface area contributed by atoms with Crippen LogP contribution in [0.1, 0.15) is 58.6 Å². The summed E-state index contributed by atoms with van der Waals surface area (Å²) >= 11 is 0. The summed E-state index contributed by atoms with van der Waals surface area (Å²) in [6.45, 7) is 7.58. The molecular formula is C19H27NO3. The number of benzene rings is 1. The Morgan fingerprint density at radius 2 is 1.91 bits per heavy atom. The predicted molar refractivity (Wildman–Crippen MR) is 90.0 cm³/mol. The first kappa shape index (κ1) is 17.7. The molecule has 0 bridgehead atoms. The lowest BCUT2D eigenvalue weighted by Gasteiger charge is -2.36. The number of esters is 1. The van der Waals surface area contributed by atoms with Crippen LogP contribution >= 0.6 is 0 Å². The molecule has 1 aliphatic heterocycles. The number of carbonyl (C=O) groups excluding carboxylic acids is 2. The molecule has 3 atom stereocenters. The molecule has 1 fully saturated rings. The van der Waals surface area contributed by atoms with Gasteiger partial charge in [0.05, 0.1) is 11.5 Å². The van der Waals surface area contributed by atoms with Gasteiger partial charge in [0.25, 0.3) is 0 Å². The van der Waals surface area contributed by atoms with Gasteiger partial charge in [-0.1, -0.05) is 37.3 Å². The Hall–Kier alpha value is -1.68. The maximum absolute atomic E-state index is 12.4. The van der Waals surface area contributed by atoms with E-state index in [4.69, 9.17) is 4.74 Å². The van der Waals surface area contributed by atoms with Crippen molar-refractivity contribution < 1.29 is 14.3 Å². The zero-order chi connectivity index (χ0) is 17.0. The van der Waals surface area contributed by atoms with Gasteiger partial charge in [0, 0.05) is 18.9 Å². The van der Waals surface area contributed by atoms with Gasteiger partial charge in [-0.2, -0.15) is 0 Å². The fourth-order valence-electron chi connectivity index (χ4n) is 2.80. The van der Waals surface area contributed by atoms with Gasteiger partial charge in [0.1, 0.15) is 11.9 Å². The standard InChI is InChI=1S/C19H27NO3/c1-5-14-11-15(21)12-16(20-14)17(13-9-7-6-8-10-13)23-18(22)19(2,3)4/h6-10,14,16-17,20H,5,11-12H2,1-4H3/t14-,16-,17-/m1/s1. The van der Waals surface area contributed by atoms with Crippen molar-refractivity contribution in [1.29, 1.82) is 0 Å². The molecule has 126 valence electrons. The minimum absolute atomic E-state index is 0.154. The minimum atomic E-state index is -0.574. The second kappa shape index (κ2) is 7.26. The number of hydrogen-bond donors (Lipinski definition) is 1. The molecule has 4 nitrogen and oxygen atoms in total. The highest BCUT2D eigenvalue weighted by Gasteiger charge is 2.36. The van der Waals surface area contributed by atoms with Gasteiger partial charge in [-0.15, -0.1) is 0 Å². The highest BCUT2D eigenvalue weighted by molar-refractivity contribution is 5.81. The average Bonchev–Trinajstić information content (AvgIpc) is 2.51. The second-order valence-corrected chi connectivity index (χ2v) is 7.31. The van der Waals surface area contributed by atoms with Crippen molar-refractivity contribution in [3.8, 4) is 0 Å². The van der Waals surface area contributed by atoms with Crippen LogP contribution in [-0.4, -0.2) is 23.8 Å². The number of carbonyl (C=O) groups is 2. The van der Waals surface area contributed by atoms with Gasteiger partial charge in [0.15, 0.2) is 0 Å². The first-order chi connectivity index (χ1) is 10.8. The van der Waals surface area contributed by atoms with Crippen LogP contribution < -0.4 is 5.32 Å². The molecule has 1 saturated heterocycles. The van der Waals surface area contributed by atoms with E-state index < -0.39 is 11.5 Å². The zero-order valence-electron chi connectivity index (χ0n) is 14.5. The third-order valence-electron chi connectivity index (χ3n) is 4.20. The molecule has 1 aromatic carbocycles. The first-order valence-electron chi connectivity index (χ1n) is 8.35. The smallest absolute Gasteiger partial charge is 0.311 e. The molecule has 0 saturated carbocycles. The molecule has 0 aromatic heterocycles. The summed E-state index contributed by atoms with van der Waals surface area (Å²) in [4.78, 5) is 24.5. The Balaban J connectivity index is 2.26. The van der Waals surface area contributed by atoms with Gasteiger partial charge in [0.2, 0.25) is 0 Å². The van der Waals surface area contributed by atoms with E-state index in [1.165, 1.54) is 0 Å². The van der Waals surface area contributed by atoms with Gasteiger partial charge < -0.3 is 10.1 Å². The summed E-state index contributed by atoms with van der Waals surface area (Å²) in [6, 6.07) is 9.66. The lowest BCUT2D eigenvalue weighted by molar-refractivity contribution is -0.162. The fraction of sp³-hybridized carbons (Fsp3) is 0.579. The minimum Gasteiger partial charge on any atom is -0.455 e. The van der Waals surface area contributed by atoms with Gasteiger partial charge >= 0.3 is 5.97 Å². The molecule has 0 unspecified atom stereocenters. The fourth-order valence-corrected chi connectivity index (χ4v) is 2.80. The van der Waals surface area contributed by atoms with E-state index in [9.17, 15) is 9.59 Å². The maximum atomic E-state index is 12.4. The van der Waals surface area contributed by atoms with E-state index >= 15 is 0 Å². The highest BCUT2D eigenvalue weighted by atomic mass is 16.5. The SMILES string of the molecule is CC[C@@H]1CC(=O)C[C@H]([C@H](OC(=O)C(C)(C)C)c2ccccc2)N1. The zero-order valence-corrected chi connectivity index (χ0v) is 14.5. The van der Waals surface area contributed by atoms with Crippen molar-refractivity contribution in [2.24, 2.45) is 5.41 Å². The average molecular weight is 317 g/mol. The topological polar surface area (TPSA) is 55.4 Å². The van der Waals surface area contributed by atoms with E-state index in [1.54, 1.807) is 0 Å². The Kier molecular flexibility index (Phi) is 5.58. The lowest BCUT2D eigenvalue weighted by Crippen LogP contribution is -2.49. The number of rotatable bonds is 4. The Morgan fingerprint density at radius 1 is 1.26 bits per heavy atom. The number of ketones is 1. The third kappa shape index (κ3) is 4.64. The quantitative estimate of drug-likeness (QED) is 0.865. The summed E-state index contributed by atoms with van der Waals surface area (Å²) in [7, 11) is 0. The first-order valence-corrected chi connectivity index (χ1v) is 8.35. The van der Waals surface area contributed by atoms with Crippen molar-refractivity contribution in [3.63, 3.8) is 0 Å². The highest BCUT2D eigenvalue weighted by Crippen LogP contribution is 2.30. The van der Waals surface area contributed by atoms with Gasteiger partial charge in [-0.3, -0.25) is 9.59 Å². The largest absolute Gasteiger partial charge is 0.455 e. The summed E-state index contributed by atoms with van der Waals surface area (Å²) in [5, 5.41) is 3.49. The van der Waals surface area contributed by atoms with E-state index in [1.807, 2.05) is 51.1 Å². The van der Waals surface area contributed by atoms with E-state index in [0.717, 1.165) is 12.0 Å². The summed E-state index contributed by atoms with van der Waals surface area (Å²) < 4.78 is 5.83. The second-order valence-electron chi connectivity index (χ2n) is 7.31. The Labute approximate surface area is 138 Å². The third-order valence-corrected chi connectivity index (χ3v) is 4.20. The number of nitrogens with one attached hydrogen (secondary N) is 1.